The van der Waals surface area contributed by atoms with Crippen LogP contribution in [-0.2, 0) is 0 Å². The first-order valence-electron chi connectivity index (χ1n) is 10.8. The number of aromatic nitrogens is 3. The van der Waals surface area contributed by atoms with Gasteiger partial charge in [-0.2, -0.15) is 0 Å². The largest absolute Gasteiger partial charge is 0.437 e. The van der Waals surface area contributed by atoms with Gasteiger partial charge in [0.05, 0.1) is 16.9 Å². The molecule has 3 heterocycles. The molecular formula is C24H22F2N6O2. The quantitative estimate of drug-likeness (QED) is 0.458. The molecule has 0 saturated carbocycles. The molecule has 1 saturated heterocycles. The standard InChI is InChI=1S/C24H22F2N6O2/c1-15-23(28-7-6-27-15)34-17-4-2-16(3-5-17)31-8-10-32(11-9-31)24(33)30-22-14-29-21-13-20(26)19(25)12-18(21)22/h2-7,12-14,29H,8-11H2,1H3,(H,30,33). The highest BCUT2D eigenvalue weighted by Crippen LogP contribution is 2.27. The van der Waals surface area contributed by atoms with Crippen molar-refractivity contribution in [1.82, 2.24) is 19.9 Å². The predicted molar refractivity (Wildman–Crippen MR) is 124 cm³/mol. The van der Waals surface area contributed by atoms with Crippen LogP contribution in [0.5, 0.6) is 11.6 Å². The molecule has 1 aliphatic heterocycles. The second-order valence-corrected chi connectivity index (χ2v) is 7.96. The molecule has 2 aromatic carbocycles. The highest BCUT2D eigenvalue weighted by atomic mass is 19.2. The zero-order valence-electron chi connectivity index (χ0n) is 18.4. The molecule has 0 aliphatic carbocycles. The van der Waals surface area contributed by atoms with Crippen molar-refractivity contribution < 1.29 is 18.3 Å². The average molecular weight is 464 g/mol. The van der Waals surface area contributed by atoms with E-state index in [4.69, 9.17) is 4.74 Å². The number of hydrogen-bond donors (Lipinski definition) is 2. The Morgan fingerprint density at radius 2 is 1.74 bits per heavy atom. The Hall–Kier alpha value is -4.21. The average Bonchev–Trinajstić information content (AvgIpc) is 3.22. The Bertz CT molecular complexity index is 1330. The topological polar surface area (TPSA) is 86.4 Å². The molecule has 4 aromatic rings. The summed E-state index contributed by atoms with van der Waals surface area (Å²) < 4.78 is 32.8. The van der Waals surface area contributed by atoms with Gasteiger partial charge in [0.1, 0.15) is 5.75 Å². The van der Waals surface area contributed by atoms with Gasteiger partial charge in [-0.15, -0.1) is 0 Å². The number of H-pyrrole nitrogens is 1. The Balaban J connectivity index is 1.18. The minimum absolute atomic E-state index is 0.284. The van der Waals surface area contributed by atoms with Crippen LogP contribution in [0.15, 0.2) is 55.0 Å². The van der Waals surface area contributed by atoms with Gasteiger partial charge in [0.25, 0.3) is 0 Å². The first-order valence-corrected chi connectivity index (χ1v) is 10.8. The molecular weight excluding hydrogens is 442 g/mol. The van der Waals surface area contributed by atoms with E-state index in [1.165, 1.54) is 6.20 Å². The van der Waals surface area contributed by atoms with Crippen molar-refractivity contribution in [2.24, 2.45) is 0 Å². The van der Waals surface area contributed by atoms with Crippen molar-refractivity contribution in [1.29, 1.82) is 0 Å². The predicted octanol–water partition coefficient (Wildman–Crippen LogP) is 4.69. The van der Waals surface area contributed by atoms with Crippen molar-refractivity contribution in [3.05, 3.63) is 72.3 Å². The van der Waals surface area contributed by atoms with Gasteiger partial charge in [-0.3, -0.25) is 4.98 Å². The first-order chi connectivity index (χ1) is 16.5. The van der Waals surface area contributed by atoms with Crippen LogP contribution in [0.1, 0.15) is 5.69 Å². The maximum absolute atomic E-state index is 13.6. The molecule has 0 radical (unpaired) electrons. The summed E-state index contributed by atoms with van der Waals surface area (Å²) in [5.41, 5.74) is 2.57. The van der Waals surface area contributed by atoms with Crippen molar-refractivity contribution in [3.63, 3.8) is 0 Å². The lowest BCUT2D eigenvalue weighted by Gasteiger charge is -2.36. The molecule has 1 fully saturated rings. The zero-order chi connectivity index (χ0) is 23.7. The number of fused-ring (bicyclic) bond motifs is 1. The number of carbonyl (C=O) groups is 1. The maximum atomic E-state index is 13.6. The summed E-state index contributed by atoms with van der Waals surface area (Å²) >= 11 is 0. The summed E-state index contributed by atoms with van der Waals surface area (Å²) in [6.07, 6.45) is 4.74. The summed E-state index contributed by atoms with van der Waals surface area (Å²) in [7, 11) is 0. The summed E-state index contributed by atoms with van der Waals surface area (Å²) in [6, 6.07) is 9.56. The Kier molecular flexibility index (Phi) is 5.70. The van der Waals surface area contributed by atoms with Crippen LogP contribution < -0.4 is 15.0 Å². The fourth-order valence-corrected chi connectivity index (χ4v) is 3.91. The molecule has 174 valence electrons. The van der Waals surface area contributed by atoms with E-state index in [0.717, 1.165) is 17.8 Å². The van der Waals surface area contributed by atoms with E-state index in [1.54, 1.807) is 17.3 Å². The zero-order valence-corrected chi connectivity index (χ0v) is 18.4. The second-order valence-electron chi connectivity index (χ2n) is 7.96. The molecule has 10 heteroatoms. The number of halogens is 2. The van der Waals surface area contributed by atoms with Crippen molar-refractivity contribution in [2.75, 3.05) is 36.4 Å². The number of anilines is 2. The van der Waals surface area contributed by atoms with E-state index in [9.17, 15) is 13.6 Å². The molecule has 0 bridgehead atoms. The monoisotopic (exact) mass is 464 g/mol. The van der Waals surface area contributed by atoms with Crippen molar-refractivity contribution in [2.45, 2.75) is 6.92 Å². The molecule has 8 nitrogen and oxygen atoms in total. The lowest BCUT2D eigenvalue weighted by Crippen LogP contribution is -2.50. The van der Waals surface area contributed by atoms with E-state index >= 15 is 0 Å². The van der Waals surface area contributed by atoms with E-state index in [-0.39, 0.29) is 6.03 Å². The molecule has 0 unspecified atom stereocenters. The molecule has 1 aliphatic rings. The van der Waals surface area contributed by atoms with Gasteiger partial charge in [0.2, 0.25) is 5.88 Å². The number of aromatic amines is 1. The molecule has 2 amide bonds. The van der Waals surface area contributed by atoms with E-state index in [0.29, 0.717) is 60.1 Å². The molecule has 2 N–H and O–H groups in total. The Labute approximate surface area is 194 Å². The SMILES string of the molecule is Cc1nccnc1Oc1ccc(N2CCN(C(=O)Nc3c[nH]c4cc(F)c(F)cc34)CC2)cc1. The van der Waals surface area contributed by atoms with Crippen molar-refractivity contribution >= 4 is 28.3 Å². The number of hydrogen-bond acceptors (Lipinski definition) is 5. The summed E-state index contributed by atoms with van der Waals surface area (Å²) in [4.78, 5) is 27.8. The Morgan fingerprint density at radius 1 is 1.03 bits per heavy atom. The minimum atomic E-state index is -0.959. The summed E-state index contributed by atoms with van der Waals surface area (Å²) in [5.74, 6) is -0.760. The third-order valence-electron chi connectivity index (χ3n) is 5.78. The number of piperazine rings is 1. The minimum Gasteiger partial charge on any atom is -0.437 e. The third-order valence-corrected chi connectivity index (χ3v) is 5.78. The molecule has 34 heavy (non-hydrogen) atoms. The van der Waals surface area contributed by atoms with Crippen LogP contribution in [0.25, 0.3) is 10.9 Å². The number of ether oxygens (including phenoxy) is 1. The highest BCUT2D eigenvalue weighted by molar-refractivity contribution is 6.01. The maximum Gasteiger partial charge on any atom is 0.322 e. The van der Waals surface area contributed by atoms with Crippen LogP contribution in [-0.4, -0.2) is 52.1 Å². The number of nitrogens with one attached hydrogen (secondary N) is 2. The number of carbonyl (C=O) groups excluding carboxylic acids is 1. The number of aryl methyl sites for hydroxylation is 1. The fraction of sp³-hybridized carbons (Fsp3) is 0.208. The molecule has 5 rings (SSSR count). The van der Waals surface area contributed by atoms with Crippen LogP contribution in [0.4, 0.5) is 25.0 Å². The number of rotatable bonds is 4. The smallest absolute Gasteiger partial charge is 0.322 e. The van der Waals surface area contributed by atoms with Gasteiger partial charge in [-0.25, -0.2) is 18.6 Å². The van der Waals surface area contributed by atoms with Gasteiger partial charge in [-0.05, 0) is 37.3 Å². The van der Waals surface area contributed by atoms with Gasteiger partial charge in [0, 0.05) is 61.9 Å². The summed E-state index contributed by atoms with van der Waals surface area (Å²) in [6.45, 7) is 4.20. The van der Waals surface area contributed by atoms with E-state index in [2.05, 4.69) is 25.2 Å². The number of amides is 2. The van der Waals surface area contributed by atoms with E-state index in [1.807, 2.05) is 31.2 Å². The number of nitrogens with zero attached hydrogens (tertiary/aromatic N) is 4. The summed E-state index contributed by atoms with van der Waals surface area (Å²) in [5, 5.41) is 3.21. The molecule has 0 spiro atoms. The third kappa shape index (κ3) is 4.34. The van der Waals surface area contributed by atoms with Crippen LogP contribution in [0.3, 0.4) is 0 Å². The van der Waals surface area contributed by atoms with Gasteiger partial charge < -0.3 is 24.8 Å². The second kappa shape index (κ2) is 8.97. The lowest BCUT2D eigenvalue weighted by molar-refractivity contribution is 0.208. The Morgan fingerprint density at radius 3 is 2.47 bits per heavy atom. The first kappa shape index (κ1) is 21.6. The van der Waals surface area contributed by atoms with Crippen LogP contribution in [0.2, 0.25) is 0 Å². The van der Waals surface area contributed by atoms with Crippen LogP contribution >= 0.6 is 0 Å². The number of urea groups is 1. The highest BCUT2D eigenvalue weighted by Gasteiger charge is 2.22. The number of benzene rings is 2. The normalized spacial score (nSPS) is 13.9. The van der Waals surface area contributed by atoms with E-state index < -0.39 is 11.6 Å². The van der Waals surface area contributed by atoms with Gasteiger partial charge in [0.15, 0.2) is 11.6 Å². The van der Waals surface area contributed by atoms with Crippen LogP contribution in [0, 0.1) is 18.6 Å². The van der Waals surface area contributed by atoms with Crippen molar-refractivity contribution in [3.8, 4) is 11.6 Å². The fourth-order valence-electron chi connectivity index (χ4n) is 3.91. The lowest BCUT2D eigenvalue weighted by atomic mass is 10.2. The molecule has 2 aromatic heterocycles. The van der Waals surface area contributed by atoms with Gasteiger partial charge >= 0.3 is 6.03 Å². The molecule has 0 atom stereocenters. The van der Waals surface area contributed by atoms with Gasteiger partial charge in [-0.1, -0.05) is 0 Å².